The normalized spacial score (nSPS) is 11.6. The van der Waals surface area contributed by atoms with E-state index in [4.69, 9.17) is 19.4 Å². The largest absolute Gasteiger partial charge is 0.456 e. The highest BCUT2D eigenvalue weighted by Gasteiger charge is 2.18. The Morgan fingerprint density at radius 1 is 0.321 bits per heavy atom. The van der Waals surface area contributed by atoms with Crippen molar-refractivity contribution in [3.63, 3.8) is 0 Å². The average Bonchev–Trinajstić information content (AvgIpc) is 3.85. The van der Waals surface area contributed by atoms with E-state index >= 15 is 0 Å². The predicted molar refractivity (Wildman–Crippen MR) is 233 cm³/mol. The topological polar surface area (TPSA) is 51.8 Å². The molecule has 0 atom stereocenters. The maximum Gasteiger partial charge on any atom is 0.164 e. The lowest BCUT2D eigenvalue weighted by Gasteiger charge is -2.12. The molecule has 56 heavy (non-hydrogen) atoms. The highest BCUT2D eigenvalue weighted by atomic mass is 32.1. The minimum absolute atomic E-state index is 0.643. The van der Waals surface area contributed by atoms with E-state index in [1.807, 2.05) is 48.5 Å². The molecule has 11 rings (SSSR count). The molecule has 0 saturated carbocycles. The van der Waals surface area contributed by atoms with Crippen molar-refractivity contribution in [3.8, 4) is 67.5 Å². The number of thiophene rings is 1. The Kier molecular flexibility index (Phi) is 7.64. The third kappa shape index (κ3) is 5.56. The van der Waals surface area contributed by atoms with Gasteiger partial charge in [0.25, 0.3) is 0 Å². The minimum Gasteiger partial charge on any atom is -0.456 e. The predicted octanol–water partition coefficient (Wildman–Crippen LogP) is 14.1. The van der Waals surface area contributed by atoms with E-state index in [-0.39, 0.29) is 0 Å². The Labute approximate surface area is 327 Å². The van der Waals surface area contributed by atoms with Gasteiger partial charge < -0.3 is 4.42 Å². The SMILES string of the molecule is c1ccc(-c2ccc(-c3nc(-c4ccccc4)nc(-c4ccc5c(c4)sc4cccc(-c6ccccc6-c6ccc7c(c6)oc6ccccc67)c45)n3)cc2)cc1. The quantitative estimate of drug-likeness (QED) is 0.171. The first-order valence-electron chi connectivity index (χ1n) is 18.7. The van der Waals surface area contributed by atoms with Gasteiger partial charge in [-0.2, -0.15) is 0 Å². The number of hydrogen-bond donors (Lipinski definition) is 0. The summed E-state index contributed by atoms with van der Waals surface area (Å²) in [5, 5.41) is 4.72. The van der Waals surface area contributed by atoms with Crippen LogP contribution in [0.1, 0.15) is 0 Å². The lowest BCUT2D eigenvalue weighted by molar-refractivity contribution is 0.669. The highest BCUT2D eigenvalue weighted by molar-refractivity contribution is 7.26. The summed E-state index contributed by atoms with van der Waals surface area (Å²) >= 11 is 1.80. The van der Waals surface area contributed by atoms with Gasteiger partial charge in [-0.05, 0) is 63.7 Å². The number of aromatic nitrogens is 3. The van der Waals surface area contributed by atoms with Crippen LogP contribution in [0.3, 0.4) is 0 Å². The number of rotatable bonds is 6. The van der Waals surface area contributed by atoms with Gasteiger partial charge in [0.15, 0.2) is 17.5 Å². The lowest BCUT2D eigenvalue weighted by Crippen LogP contribution is -2.00. The van der Waals surface area contributed by atoms with Crippen LogP contribution in [0.15, 0.2) is 192 Å². The van der Waals surface area contributed by atoms with Gasteiger partial charge in [-0.15, -0.1) is 11.3 Å². The molecule has 0 radical (unpaired) electrons. The standard InChI is InChI=1S/C51H31N3OS/c1-3-12-32(13-4-1)33-22-24-35(25-23-33)50-52-49(34-14-5-2-6-15-34)53-51(54-50)37-27-29-43-47(31-37)56-46-21-11-19-42(48(43)46)39-17-8-7-16-38(39)36-26-28-41-40-18-9-10-20-44(40)55-45(41)30-36/h1-31H. The van der Waals surface area contributed by atoms with Crippen LogP contribution >= 0.6 is 11.3 Å². The summed E-state index contributed by atoms with van der Waals surface area (Å²) in [4.78, 5) is 15.1. The van der Waals surface area contributed by atoms with Gasteiger partial charge in [-0.25, -0.2) is 15.0 Å². The summed E-state index contributed by atoms with van der Waals surface area (Å²) in [5.41, 5.74) is 11.6. The van der Waals surface area contributed by atoms with Crippen LogP contribution in [0.5, 0.6) is 0 Å². The molecule has 0 aliphatic heterocycles. The summed E-state index contributed by atoms with van der Waals surface area (Å²) < 4.78 is 8.71. The molecule has 0 saturated heterocycles. The number of nitrogens with zero attached hydrogens (tertiary/aromatic N) is 3. The van der Waals surface area contributed by atoms with Gasteiger partial charge in [-0.1, -0.05) is 158 Å². The van der Waals surface area contributed by atoms with Crippen LogP contribution in [-0.4, -0.2) is 15.0 Å². The molecule has 0 unspecified atom stereocenters. The number of furan rings is 1. The van der Waals surface area contributed by atoms with Crippen molar-refractivity contribution in [2.45, 2.75) is 0 Å². The third-order valence-electron chi connectivity index (χ3n) is 10.6. The molecule has 262 valence electrons. The number of fused-ring (bicyclic) bond motifs is 6. The maximum absolute atomic E-state index is 6.30. The molecule has 11 aromatic rings. The zero-order valence-electron chi connectivity index (χ0n) is 30.1. The van der Waals surface area contributed by atoms with Crippen molar-refractivity contribution in [2.75, 3.05) is 0 Å². The van der Waals surface area contributed by atoms with Crippen LogP contribution < -0.4 is 0 Å². The fourth-order valence-corrected chi connectivity index (χ4v) is 9.02. The molecule has 0 aliphatic carbocycles. The van der Waals surface area contributed by atoms with E-state index in [1.54, 1.807) is 11.3 Å². The smallest absolute Gasteiger partial charge is 0.164 e. The molecular weight excluding hydrogens is 703 g/mol. The van der Waals surface area contributed by atoms with Crippen LogP contribution in [0, 0.1) is 0 Å². The second-order valence-electron chi connectivity index (χ2n) is 14.0. The fraction of sp³-hybridized carbons (Fsp3) is 0. The van der Waals surface area contributed by atoms with Gasteiger partial charge >= 0.3 is 0 Å². The van der Waals surface area contributed by atoms with E-state index < -0.39 is 0 Å². The van der Waals surface area contributed by atoms with Crippen LogP contribution in [0.4, 0.5) is 0 Å². The molecule has 0 bridgehead atoms. The van der Waals surface area contributed by atoms with E-state index in [9.17, 15) is 0 Å². The number of para-hydroxylation sites is 1. The number of hydrogen-bond acceptors (Lipinski definition) is 5. The molecule has 3 aromatic heterocycles. The molecule has 0 spiro atoms. The second kappa shape index (κ2) is 13.3. The van der Waals surface area contributed by atoms with Crippen molar-refractivity contribution >= 4 is 53.4 Å². The molecular formula is C51H31N3OS. The molecule has 8 aromatic carbocycles. The zero-order chi connectivity index (χ0) is 37.0. The van der Waals surface area contributed by atoms with E-state index in [0.717, 1.165) is 49.8 Å². The van der Waals surface area contributed by atoms with Crippen molar-refractivity contribution in [2.24, 2.45) is 0 Å². The summed E-state index contributed by atoms with van der Waals surface area (Å²) in [6.45, 7) is 0. The Morgan fingerprint density at radius 3 is 1.64 bits per heavy atom. The van der Waals surface area contributed by atoms with Crippen molar-refractivity contribution in [1.29, 1.82) is 0 Å². The van der Waals surface area contributed by atoms with Gasteiger partial charge in [0.1, 0.15) is 11.2 Å². The number of benzene rings is 8. The van der Waals surface area contributed by atoms with Gasteiger partial charge in [0.05, 0.1) is 0 Å². The first-order valence-corrected chi connectivity index (χ1v) is 19.5. The highest BCUT2D eigenvalue weighted by Crippen LogP contribution is 2.44. The Bertz CT molecular complexity index is 3240. The second-order valence-corrected chi connectivity index (χ2v) is 15.0. The summed E-state index contributed by atoms with van der Waals surface area (Å²) in [6.07, 6.45) is 0. The first-order chi connectivity index (χ1) is 27.7. The van der Waals surface area contributed by atoms with Crippen LogP contribution in [0.25, 0.3) is 110 Å². The van der Waals surface area contributed by atoms with Crippen LogP contribution in [-0.2, 0) is 0 Å². The van der Waals surface area contributed by atoms with Gasteiger partial charge in [0, 0.05) is 47.6 Å². The zero-order valence-corrected chi connectivity index (χ0v) is 30.9. The third-order valence-corrected chi connectivity index (χ3v) is 11.7. The molecule has 0 aliphatic rings. The van der Waals surface area contributed by atoms with Crippen molar-refractivity contribution in [1.82, 2.24) is 15.0 Å². The van der Waals surface area contributed by atoms with E-state index in [0.29, 0.717) is 17.5 Å². The molecule has 3 heterocycles. The maximum atomic E-state index is 6.30. The van der Waals surface area contributed by atoms with E-state index in [1.165, 1.54) is 42.4 Å². The minimum atomic E-state index is 0.643. The van der Waals surface area contributed by atoms with Gasteiger partial charge in [0.2, 0.25) is 0 Å². The Morgan fingerprint density at radius 2 is 0.857 bits per heavy atom. The molecule has 0 N–H and O–H groups in total. The Hall–Kier alpha value is -7.21. The molecule has 0 amide bonds. The Balaban J connectivity index is 1.02. The van der Waals surface area contributed by atoms with E-state index in [2.05, 4.69) is 140 Å². The summed E-state index contributed by atoms with van der Waals surface area (Å²) in [7, 11) is 0. The van der Waals surface area contributed by atoms with Gasteiger partial charge in [-0.3, -0.25) is 0 Å². The molecule has 5 heteroatoms. The summed E-state index contributed by atoms with van der Waals surface area (Å²) in [5.74, 6) is 1.94. The average molecular weight is 734 g/mol. The van der Waals surface area contributed by atoms with Crippen molar-refractivity contribution < 1.29 is 4.42 Å². The van der Waals surface area contributed by atoms with Crippen molar-refractivity contribution in [3.05, 3.63) is 188 Å². The monoisotopic (exact) mass is 733 g/mol. The fourth-order valence-electron chi connectivity index (χ4n) is 7.85. The summed E-state index contributed by atoms with van der Waals surface area (Å²) in [6, 6.07) is 65.7. The molecule has 4 nitrogen and oxygen atoms in total. The molecule has 0 fully saturated rings. The first kappa shape index (κ1) is 32.2. The van der Waals surface area contributed by atoms with Crippen LogP contribution in [0.2, 0.25) is 0 Å². The lowest BCUT2D eigenvalue weighted by atomic mass is 9.91.